The van der Waals surface area contributed by atoms with Crippen LogP contribution in [0.1, 0.15) is 25.0 Å². The molecule has 2 aromatic rings. The second kappa shape index (κ2) is 7.12. The molecule has 0 aliphatic heterocycles. The molecule has 0 spiro atoms. The SMILES string of the molecule is CCC(N)C(Oc1ccc(Cl)c(F)c1)c1cccc(Cl)c1. The molecule has 0 aliphatic rings. The van der Waals surface area contributed by atoms with Gasteiger partial charge in [0, 0.05) is 17.1 Å². The van der Waals surface area contributed by atoms with Gasteiger partial charge < -0.3 is 10.5 Å². The first-order chi connectivity index (χ1) is 10.0. The van der Waals surface area contributed by atoms with Gasteiger partial charge in [-0.15, -0.1) is 0 Å². The van der Waals surface area contributed by atoms with E-state index in [0.717, 1.165) is 5.56 Å². The molecule has 0 aromatic heterocycles. The Hall–Kier alpha value is -1.29. The largest absolute Gasteiger partial charge is 0.484 e. The number of benzene rings is 2. The Balaban J connectivity index is 2.30. The highest BCUT2D eigenvalue weighted by Crippen LogP contribution is 2.29. The first kappa shape index (κ1) is 16.1. The third-order valence-corrected chi connectivity index (χ3v) is 3.73. The molecule has 112 valence electrons. The van der Waals surface area contributed by atoms with Gasteiger partial charge in [0.05, 0.1) is 5.02 Å². The molecule has 0 fully saturated rings. The van der Waals surface area contributed by atoms with Crippen molar-refractivity contribution in [2.75, 3.05) is 0 Å². The maximum absolute atomic E-state index is 13.5. The van der Waals surface area contributed by atoms with Crippen molar-refractivity contribution in [1.82, 2.24) is 0 Å². The first-order valence-electron chi connectivity index (χ1n) is 6.64. The zero-order valence-corrected chi connectivity index (χ0v) is 13.0. The van der Waals surface area contributed by atoms with Gasteiger partial charge >= 0.3 is 0 Å². The van der Waals surface area contributed by atoms with Crippen molar-refractivity contribution in [1.29, 1.82) is 0 Å². The summed E-state index contributed by atoms with van der Waals surface area (Å²) in [7, 11) is 0. The lowest BCUT2D eigenvalue weighted by molar-refractivity contribution is 0.170. The molecular formula is C16H16Cl2FNO. The highest BCUT2D eigenvalue weighted by Gasteiger charge is 2.21. The van der Waals surface area contributed by atoms with Crippen LogP contribution in [0.4, 0.5) is 4.39 Å². The third kappa shape index (κ3) is 4.10. The van der Waals surface area contributed by atoms with Crippen molar-refractivity contribution >= 4 is 23.2 Å². The summed E-state index contributed by atoms with van der Waals surface area (Å²) in [6.07, 6.45) is 0.307. The molecule has 0 amide bonds. The van der Waals surface area contributed by atoms with Crippen LogP contribution in [0.15, 0.2) is 42.5 Å². The lowest BCUT2D eigenvalue weighted by Crippen LogP contribution is -2.31. The Kier molecular flexibility index (Phi) is 5.45. The summed E-state index contributed by atoms with van der Waals surface area (Å²) < 4.78 is 19.4. The van der Waals surface area contributed by atoms with Crippen molar-refractivity contribution in [2.45, 2.75) is 25.5 Å². The van der Waals surface area contributed by atoms with Crippen molar-refractivity contribution in [3.63, 3.8) is 0 Å². The zero-order valence-electron chi connectivity index (χ0n) is 11.5. The van der Waals surface area contributed by atoms with Gasteiger partial charge in [-0.1, -0.05) is 42.3 Å². The number of ether oxygens (including phenoxy) is 1. The van der Waals surface area contributed by atoms with Gasteiger partial charge in [-0.2, -0.15) is 0 Å². The van der Waals surface area contributed by atoms with Crippen LogP contribution < -0.4 is 10.5 Å². The van der Waals surface area contributed by atoms with Crippen molar-refractivity contribution in [3.05, 3.63) is 63.9 Å². The van der Waals surface area contributed by atoms with Gasteiger partial charge in [0.1, 0.15) is 17.7 Å². The van der Waals surface area contributed by atoms with E-state index in [0.29, 0.717) is 17.2 Å². The zero-order chi connectivity index (χ0) is 15.4. The Morgan fingerprint density at radius 2 is 1.95 bits per heavy atom. The minimum absolute atomic E-state index is 0.0569. The molecule has 0 radical (unpaired) electrons. The predicted octanol–water partition coefficient (Wildman–Crippen LogP) is 4.99. The maximum atomic E-state index is 13.5. The van der Waals surface area contributed by atoms with Gasteiger partial charge in [-0.3, -0.25) is 0 Å². The predicted molar refractivity (Wildman–Crippen MR) is 84.5 cm³/mol. The smallest absolute Gasteiger partial charge is 0.145 e. The molecule has 2 unspecified atom stereocenters. The molecule has 21 heavy (non-hydrogen) atoms. The van der Waals surface area contributed by atoms with E-state index in [9.17, 15) is 4.39 Å². The normalized spacial score (nSPS) is 13.8. The van der Waals surface area contributed by atoms with E-state index in [1.807, 2.05) is 19.1 Å². The number of hydrogen-bond acceptors (Lipinski definition) is 2. The van der Waals surface area contributed by atoms with Gasteiger partial charge in [0.25, 0.3) is 0 Å². The van der Waals surface area contributed by atoms with Crippen LogP contribution in [0.3, 0.4) is 0 Å². The number of nitrogens with two attached hydrogens (primary N) is 1. The van der Waals surface area contributed by atoms with E-state index >= 15 is 0 Å². The van der Waals surface area contributed by atoms with E-state index in [1.165, 1.54) is 12.1 Å². The van der Waals surface area contributed by atoms with E-state index in [2.05, 4.69) is 0 Å². The Morgan fingerprint density at radius 3 is 2.57 bits per heavy atom. The van der Waals surface area contributed by atoms with Crippen molar-refractivity contribution in [3.8, 4) is 5.75 Å². The molecule has 2 aromatic carbocycles. The fourth-order valence-electron chi connectivity index (χ4n) is 2.00. The minimum Gasteiger partial charge on any atom is -0.484 e. The molecule has 0 heterocycles. The van der Waals surface area contributed by atoms with Crippen LogP contribution in [-0.2, 0) is 0 Å². The summed E-state index contributed by atoms with van der Waals surface area (Å²) >= 11 is 11.7. The van der Waals surface area contributed by atoms with Crippen LogP contribution in [0.5, 0.6) is 5.75 Å². The van der Waals surface area contributed by atoms with Crippen molar-refractivity contribution in [2.24, 2.45) is 5.73 Å². The first-order valence-corrected chi connectivity index (χ1v) is 7.39. The van der Waals surface area contributed by atoms with Crippen molar-refractivity contribution < 1.29 is 9.13 Å². The van der Waals surface area contributed by atoms with E-state index < -0.39 is 11.9 Å². The monoisotopic (exact) mass is 327 g/mol. The quantitative estimate of drug-likeness (QED) is 0.839. The van der Waals surface area contributed by atoms with Crippen LogP contribution in [0, 0.1) is 5.82 Å². The topological polar surface area (TPSA) is 35.2 Å². The van der Waals surface area contributed by atoms with E-state index in [4.69, 9.17) is 33.7 Å². The summed E-state index contributed by atoms with van der Waals surface area (Å²) in [4.78, 5) is 0. The standard InChI is InChI=1S/C16H16Cl2FNO/c1-2-15(20)16(10-4-3-5-11(17)8-10)21-12-6-7-13(18)14(19)9-12/h3-9,15-16H,2,20H2,1H3. The second-order valence-electron chi connectivity index (χ2n) is 4.74. The molecule has 2 N–H and O–H groups in total. The van der Waals surface area contributed by atoms with Gasteiger partial charge in [0.15, 0.2) is 0 Å². The van der Waals surface area contributed by atoms with Gasteiger partial charge in [0.2, 0.25) is 0 Å². The molecule has 2 rings (SSSR count). The average Bonchev–Trinajstić information content (AvgIpc) is 2.47. The van der Waals surface area contributed by atoms with Crippen LogP contribution in [-0.4, -0.2) is 6.04 Å². The van der Waals surface area contributed by atoms with Crippen LogP contribution >= 0.6 is 23.2 Å². The Morgan fingerprint density at radius 1 is 1.19 bits per heavy atom. The summed E-state index contributed by atoms with van der Waals surface area (Å²) in [5.41, 5.74) is 6.98. The summed E-state index contributed by atoms with van der Waals surface area (Å²) in [6, 6.07) is 11.4. The van der Waals surface area contributed by atoms with Gasteiger partial charge in [-0.25, -0.2) is 4.39 Å². The lowest BCUT2D eigenvalue weighted by atomic mass is 10.0. The maximum Gasteiger partial charge on any atom is 0.145 e. The Labute approximate surface area is 133 Å². The molecular weight excluding hydrogens is 312 g/mol. The van der Waals surface area contributed by atoms with E-state index in [-0.39, 0.29) is 11.1 Å². The highest BCUT2D eigenvalue weighted by molar-refractivity contribution is 6.31. The average molecular weight is 328 g/mol. The highest BCUT2D eigenvalue weighted by atomic mass is 35.5. The molecule has 0 aliphatic carbocycles. The summed E-state index contributed by atoms with van der Waals surface area (Å²) in [5.74, 6) is -0.144. The number of halogens is 3. The molecule has 0 bridgehead atoms. The minimum atomic E-state index is -0.524. The molecule has 2 atom stereocenters. The fraction of sp³-hybridized carbons (Fsp3) is 0.250. The Bertz CT molecular complexity index is 621. The van der Waals surface area contributed by atoms with E-state index in [1.54, 1.807) is 18.2 Å². The molecule has 0 saturated heterocycles. The van der Waals surface area contributed by atoms with Crippen LogP contribution in [0.25, 0.3) is 0 Å². The van der Waals surface area contributed by atoms with Gasteiger partial charge in [-0.05, 0) is 36.2 Å². The molecule has 2 nitrogen and oxygen atoms in total. The molecule has 0 saturated carbocycles. The fourth-order valence-corrected chi connectivity index (χ4v) is 2.31. The third-order valence-electron chi connectivity index (χ3n) is 3.19. The number of rotatable bonds is 5. The summed E-state index contributed by atoms with van der Waals surface area (Å²) in [5, 5.41) is 0.660. The molecule has 5 heteroatoms. The summed E-state index contributed by atoms with van der Waals surface area (Å²) in [6.45, 7) is 1.97. The van der Waals surface area contributed by atoms with Crippen LogP contribution in [0.2, 0.25) is 10.0 Å². The lowest BCUT2D eigenvalue weighted by Gasteiger charge is -2.25. The number of hydrogen-bond donors (Lipinski definition) is 1. The second-order valence-corrected chi connectivity index (χ2v) is 5.59.